The van der Waals surface area contributed by atoms with Crippen LogP contribution in [0.1, 0.15) is 20.8 Å². The van der Waals surface area contributed by atoms with Crippen LogP contribution in [0.4, 0.5) is 4.79 Å². The Morgan fingerprint density at radius 2 is 2.07 bits per heavy atom. The van der Waals surface area contributed by atoms with Crippen molar-refractivity contribution in [1.82, 2.24) is 4.90 Å². The first-order valence-corrected chi connectivity index (χ1v) is 4.67. The normalized spacial score (nSPS) is 18.7. The van der Waals surface area contributed by atoms with Gasteiger partial charge in [-0.2, -0.15) is 5.26 Å². The Bertz CT molecular complexity index is 319. The second-order valence-corrected chi connectivity index (χ2v) is 4.72. The molecule has 1 aliphatic rings. The highest BCUT2D eigenvalue weighted by Gasteiger charge is 2.47. The molecule has 15 heavy (non-hydrogen) atoms. The average molecular weight is 210 g/mol. The van der Waals surface area contributed by atoms with E-state index in [0.717, 1.165) is 0 Å². The van der Waals surface area contributed by atoms with Gasteiger partial charge in [-0.15, -0.1) is 0 Å². The molecule has 0 atom stereocenters. The number of nitrogens with zero attached hydrogens (tertiary/aromatic N) is 2. The average Bonchev–Trinajstić information content (AvgIpc) is 2.00. The van der Waals surface area contributed by atoms with Crippen LogP contribution in [-0.2, 0) is 9.53 Å². The highest BCUT2D eigenvalue weighted by Crippen LogP contribution is 2.28. The van der Waals surface area contributed by atoms with Gasteiger partial charge in [0.05, 0.1) is 19.2 Å². The first-order valence-electron chi connectivity index (χ1n) is 4.67. The molecule has 0 radical (unpaired) electrons. The van der Waals surface area contributed by atoms with E-state index in [1.54, 1.807) is 20.8 Å². The number of nitriles is 1. The molecule has 0 unspecified atom stereocenters. The van der Waals surface area contributed by atoms with Crippen molar-refractivity contribution in [2.45, 2.75) is 26.4 Å². The van der Waals surface area contributed by atoms with Gasteiger partial charge in [0.1, 0.15) is 17.3 Å². The summed E-state index contributed by atoms with van der Waals surface area (Å²) >= 11 is 0. The molecule has 1 rings (SSSR count). The van der Waals surface area contributed by atoms with Crippen molar-refractivity contribution in [3.05, 3.63) is 0 Å². The summed E-state index contributed by atoms with van der Waals surface area (Å²) in [6.45, 7) is 5.55. The maximum atomic E-state index is 11.4. The van der Waals surface area contributed by atoms with Gasteiger partial charge in [-0.1, -0.05) is 0 Å². The van der Waals surface area contributed by atoms with Gasteiger partial charge in [0, 0.05) is 0 Å². The Hall–Kier alpha value is -1.57. The summed E-state index contributed by atoms with van der Waals surface area (Å²) in [6, 6.07) is 1.89. The molecule has 1 saturated heterocycles. The van der Waals surface area contributed by atoms with Gasteiger partial charge >= 0.3 is 6.09 Å². The van der Waals surface area contributed by atoms with Crippen molar-refractivity contribution >= 4 is 12.4 Å². The van der Waals surface area contributed by atoms with E-state index in [1.165, 1.54) is 4.90 Å². The highest BCUT2D eigenvalue weighted by atomic mass is 16.6. The maximum absolute atomic E-state index is 11.4. The van der Waals surface area contributed by atoms with Crippen molar-refractivity contribution in [1.29, 1.82) is 5.26 Å². The fraction of sp³-hybridized carbons (Fsp3) is 0.700. The second kappa shape index (κ2) is 3.54. The van der Waals surface area contributed by atoms with Crippen LogP contribution < -0.4 is 0 Å². The Kier molecular flexibility index (Phi) is 2.71. The molecule has 1 heterocycles. The molecule has 0 saturated carbocycles. The lowest BCUT2D eigenvalue weighted by atomic mass is 9.83. The van der Waals surface area contributed by atoms with E-state index in [-0.39, 0.29) is 13.1 Å². The Labute approximate surface area is 88.6 Å². The maximum Gasteiger partial charge on any atom is 0.410 e. The molecule has 5 nitrogen and oxygen atoms in total. The van der Waals surface area contributed by atoms with E-state index in [9.17, 15) is 9.59 Å². The molecule has 0 aromatic rings. The van der Waals surface area contributed by atoms with Crippen molar-refractivity contribution in [2.75, 3.05) is 13.1 Å². The van der Waals surface area contributed by atoms with Gasteiger partial charge in [0.15, 0.2) is 0 Å². The molecule has 1 aliphatic heterocycles. The van der Waals surface area contributed by atoms with Gasteiger partial charge in [-0.3, -0.25) is 0 Å². The smallest absolute Gasteiger partial charge is 0.410 e. The number of hydrogen-bond donors (Lipinski definition) is 0. The van der Waals surface area contributed by atoms with Gasteiger partial charge in [0.25, 0.3) is 0 Å². The molecule has 0 spiro atoms. The standard InChI is InChI=1S/C10H14N2O3/c1-9(2,3)15-8(14)12-5-10(4-11,6-12)7-13/h7H,5-6H2,1-3H3. The molecule has 0 bridgehead atoms. The molecular formula is C10H14N2O3. The third kappa shape index (κ3) is 2.46. The van der Waals surface area contributed by atoms with Crippen LogP contribution >= 0.6 is 0 Å². The monoisotopic (exact) mass is 210 g/mol. The Morgan fingerprint density at radius 3 is 2.40 bits per heavy atom. The van der Waals surface area contributed by atoms with Crippen LogP contribution in [0.15, 0.2) is 0 Å². The third-order valence-corrected chi connectivity index (χ3v) is 2.05. The summed E-state index contributed by atoms with van der Waals surface area (Å²) in [7, 11) is 0. The lowest BCUT2D eigenvalue weighted by molar-refractivity contribution is -0.120. The van der Waals surface area contributed by atoms with E-state index >= 15 is 0 Å². The van der Waals surface area contributed by atoms with E-state index in [1.807, 2.05) is 6.07 Å². The minimum Gasteiger partial charge on any atom is -0.444 e. The second-order valence-electron chi connectivity index (χ2n) is 4.72. The number of likely N-dealkylation sites (tertiary alicyclic amines) is 1. The van der Waals surface area contributed by atoms with Crippen molar-refractivity contribution < 1.29 is 14.3 Å². The summed E-state index contributed by atoms with van der Waals surface area (Å²) in [5, 5.41) is 8.71. The number of aldehydes is 1. The molecule has 0 N–H and O–H groups in total. The van der Waals surface area contributed by atoms with E-state index in [4.69, 9.17) is 10.00 Å². The van der Waals surface area contributed by atoms with Gasteiger partial charge in [0.2, 0.25) is 0 Å². The number of rotatable bonds is 1. The lowest BCUT2D eigenvalue weighted by Crippen LogP contribution is -2.59. The Balaban J connectivity index is 2.50. The Morgan fingerprint density at radius 1 is 1.53 bits per heavy atom. The van der Waals surface area contributed by atoms with Gasteiger partial charge in [-0.05, 0) is 20.8 Å². The topological polar surface area (TPSA) is 70.4 Å². The van der Waals surface area contributed by atoms with Crippen LogP contribution in [0.5, 0.6) is 0 Å². The van der Waals surface area contributed by atoms with E-state index < -0.39 is 17.1 Å². The van der Waals surface area contributed by atoms with Crippen LogP contribution in [0, 0.1) is 16.7 Å². The SMILES string of the molecule is CC(C)(C)OC(=O)N1CC(C#N)(C=O)C1. The minimum atomic E-state index is -1.02. The zero-order chi connectivity index (χ0) is 11.7. The number of hydrogen-bond acceptors (Lipinski definition) is 4. The fourth-order valence-electron chi connectivity index (χ4n) is 1.26. The quantitative estimate of drug-likeness (QED) is 0.604. The van der Waals surface area contributed by atoms with Gasteiger partial charge < -0.3 is 14.4 Å². The fourth-order valence-corrected chi connectivity index (χ4v) is 1.26. The predicted molar refractivity (Wildman–Crippen MR) is 51.9 cm³/mol. The van der Waals surface area contributed by atoms with Crippen molar-refractivity contribution in [3.63, 3.8) is 0 Å². The summed E-state index contributed by atoms with van der Waals surface area (Å²) in [5.74, 6) is 0. The van der Waals surface area contributed by atoms with Crippen molar-refractivity contribution in [3.8, 4) is 6.07 Å². The number of amides is 1. The zero-order valence-electron chi connectivity index (χ0n) is 9.11. The van der Waals surface area contributed by atoms with Crippen molar-refractivity contribution in [2.24, 2.45) is 5.41 Å². The molecule has 5 heteroatoms. The third-order valence-electron chi connectivity index (χ3n) is 2.05. The minimum absolute atomic E-state index is 0.127. The number of ether oxygens (including phenoxy) is 1. The molecule has 82 valence electrons. The lowest BCUT2D eigenvalue weighted by Gasteiger charge is -2.42. The molecule has 1 fully saturated rings. The van der Waals surface area contributed by atoms with Crippen LogP contribution in [0.25, 0.3) is 0 Å². The van der Waals surface area contributed by atoms with Crippen LogP contribution in [0.3, 0.4) is 0 Å². The largest absolute Gasteiger partial charge is 0.444 e. The number of carbonyl (C=O) groups excluding carboxylic acids is 2. The molecule has 0 aromatic carbocycles. The molecule has 0 aromatic heterocycles. The molecule has 1 amide bonds. The molecule has 0 aliphatic carbocycles. The zero-order valence-corrected chi connectivity index (χ0v) is 9.11. The van der Waals surface area contributed by atoms with Crippen LogP contribution in [0.2, 0.25) is 0 Å². The highest BCUT2D eigenvalue weighted by molar-refractivity contribution is 5.75. The molecular weight excluding hydrogens is 196 g/mol. The van der Waals surface area contributed by atoms with E-state index in [2.05, 4.69) is 0 Å². The summed E-state index contributed by atoms with van der Waals surface area (Å²) in [4.78, 5) is 23.4. The summed E-state index contributed by atoms with van der Waals surface area (Å²) in [5.41, 5.74) is -1.57. The summed E-state index contributed by atoms with van der Waals surface area (Å²) in [6.07, 6.45) is 0.114. The first kappa shape index (κ1) is 11.5. The predicted octanol–water partition coefficient (Wildman–Crippen LogP) is 0.946. The van der Waals surface area contributed by atoms with Gasteiger partial charge in [-0.25, -0.2) is 4.79 Å². The van der Waals surface area contributed by atoms with E-state index in [0.29, 0.717) is 6.29 Å². The number of carbonyl (C=O) groups is 2. The van der Waals surface area contributed by atoms with Crippen LogP contribution in [-0.4, -0.2) is 36.0 Å². The summed E-state index contributed by atoms with van der Waals surface area (Å²) < 4.78 is 5.09. The first-order chi connectivity index (χ1) is 6.82.